The zero-order valence-corrected chi connectivity index (χ0v) is 17.4. The third kappa shape index (κ3) is 3.46. The summed E-state index contributed by atoms with van der Waals surface area (Å²) in [6.45, 7) is 10.8. The van der Waals surface area contributed by atoms with E-state index in [0.29, 0.717) is 5.02 Å². The van der Waals surface area contributed by atoms with Crippen LogP contribution in [-0.2, 0) is 14.3 Å². The molecule has 3 nitrogen and oxygen atoms in total. The third-order valence-electron chi connectivity index (χ3n) is 5.30. The number of halogens is 1. The van der Waals surface area contributed by atoms with Gasteiger partial charge in [0.2, 0.25) is 0 Å². The van der Waals surface area contributed by atoms with Crippen LogP contribution in [0.3, 0.4) is 0 Å². The molecule has 0 amide bonds. The van der Waals surface area contributed by atoms with Gasteiger partial charge in [0.25, 0.3) is 0 Å². The Kier molecular flexibility index (Phi) is 4.82. The van der Waals surface area contributed by atoms with Crippen molar-refractivity contribution in [2.75, 3.05) is 0 Å². The summed E-state index contributed by atoms with van der Waals surface area (Å²) in [5, 5.41) is 0.712. The van der Waals surface area contributed by atoms with Crippen LogP contribution in [0.15, 0.2) is 36.4 Å². The minimum atomic E-state index is -1.01. The molecule has 4 heteroatoms. The first-order valence-electron chi connectivity index (χ1n) is 9.10. The van der Waals surface area contributed by atoms with E-state index in [0.717, 1.165) is 27.8 Å². The first-order valence-corrected chi connectivity index (χ1v) is 9.48. The number of carbonyl (C=O) groups excluding carboxylic acids is 2. The van der Waals surface area contributed by atoms with Crippen LogP contribution in [0.5, 0.6) is 0 Å². The molecular weight excluding hydrogens is 360 g/mol. The molecule has 1 aliphatic heterocycles. The number of aryl methyl sites for hydroxylation is 2. The molecule has 0 spiro atoms. The van der Waals surface area contributed by atoms with Crippen LogP contribution in [0.2, 0.25) is 5.02 Å². The van der Waals surface area contributed by atoms with Crippen LogP contribution in [0.4, 0.5) is 0 Å². The Bertz CT molecular complexity index is 915. The number of benzene rings is 2. The van der Waals surface area contributed by atoms with Crippen molar-refractivity contribution in [2.24, 2.45) is 0 Å². The van der Waals surface area contributed by atoms with Gasteiger partial charge in [-0.3, -0.25) is 9.59 Å². The van der Waals surface area contributed by atoms with Crippen LogP contribution in [0.25, 0.3) is 11.1 Å². The quantitative estimate of drug-likeness (QED) is 0.648. The molecule has 142 valence electrons. The number of rotatable bonds is 2. The van der Waals surface area contributed by atoms with E-state index < -0.39 is 17.1 Å². The van der Waals surface area contributed by atoms with Gasteiger partial charge in [0.15, 0.2) is 11.6 Å². The molecule has 0 radical (unpaired) electrons. The minimum absolute atomic E-state index is 0.195. The van der Waals surface area contributed by atoms with Gasteiger partial charge >= 0.3 is 0 Å². The van der Waals surface area contributed by atoms with Crippen LogP contribution < -0.4 is 0 Å². The SMILES string of the molecule is Cc1cc(-c2ccc(C)c(C3C(=O)C(C)(C)OC(C)(C)C3=O)c2)ccc1Cl. The van der Waals surface area contributed by atoms with E-state index in [2.05, 4.69) is 0 Å². The lowest BCUT2D eigenvalue weighted by molar-refractivity contribution is -0.184. The summed E-state index contributed by atoms with van der Waals surface area (Å²) < 4.78 is 5.81. The maximum atomic E-state index is 13.1. The van der Waals surface area contributed by atoms with Crippen molar-refractivity contribution in [3.8, 4) is 11.1 Å². The monoisotopic (exact) mass is 384 g/mol. The van der Waals surface area contributed by atoms with Crippen LogP contribution >= 0.6 is 11.6 Å². The predicted octanol–water partition coefficient (Wildman–Crippen LogP) is 5.43. The van der Waals surface area contributed by atoms with Gasteiger partial charge in [-0.25, -0.2) is 0 Å². The van der Waals surface area contributed by atoms with Crippen molar-refractivity contribution in [1.82, 2.24) is 0 Å². The maximum Gasteiger partial charge on any atom is 0.179 e. The maximum absolute atomic E-state index is 13.1. The summed E-state index contributed by atoms with van der Waals surface area (Å²) in [6.07, 6.45) is 0. The molecule has 0 N–H and O–H groups in total. The minimum Gasteiger partial charge on any atom is -0.354 e. The van der Waals surface area contributed by atoms with Gasteiger partial charge in [-0.1, -0.05) is 29.8 Å². The standard InChI is InChI=1S/C23H25ClO3/c1-13-7-8-16(15-9-10-18(24)14(2)11-15)12-17(13)19-20(25)22(3,4)27-23(5,6)21(19)26/h7-12,19H,1-6H3. The molecule has 2 aromatic carbocycles. The summed E-state index contributed by atoms with van der Waals surface area (Å²) in [5.41, 5.74) is 2.59. The third-order valence-corrected chi connectivity index (χ3v) is 5.73. The summed E-state index contributed by atoms with van der Waals surface area (Å²) in [5.74, 6) is -1.21. The number of Topliss-reactive ketones (excluding diaryl/α,β-unsaturated/α-hetero) is 2. The molecule has 1 aliphatic rings. The van der Waals surface area contributed by atoms with Gasteiger partial charge in [0.05, 0.1) is 0 Å². The highest BCUT2D eigenvalue weighted by Gasteiger charge is 2.53. The van der Waals surface area contributed by atoms with E-state index in [4.69, 9.17) is 16.3 Å². The highest BCUT2D eigenvalue weighted by molar-refractivity contribution is 6.31. The van der Waals surface area contributed by atoms with Crippen molar-refractivity contribution in [3.63, 3.8) is 0 Å². The Balaban J connectivity index is 2.14. The highest BCUT2D eigenvalue weighted by atomic mass is 35.5. The molecule has 1 heterocycles. The molecule has 0 saturated carbocycles. The molecule has 0 aliphatic carbocycles. The average molecular weight is 385 g/mol. The van der Waals surface area contributed by atoms with Crippen LogP contribution in [0.1, 0.15) is 50.3 Å². The molecule has 0 atom stereocenters. The molecule has 27 heavy (non-hydrogen) atoms. The number of carbonyl (C=O) groups is 2. The molecule has 0 bridgehead atoms. The first-order chi connectivity index (χ1) is 12.4. The lowest BCUT2D eigenvalue weighted by atomic mass is 9.73. The molecule has 1 fully saturated rings. The summed E-state index contributed by atoms with van der Waals surface area (Å²) in [4.78, 5) is 26.2. The lowest BCUT2D eigenvalue weighted by Gasteiger charge is -2.43. The fourth-order valence-electron chi connectivity index (χ4n) is 3.79. The van der Waals surface area contributed by atoms with E-state index in [-0.39, 0.29) is 11.6 Å². The van der Waals surface area contributed by atoms with E-state index in [1.807, 2.05) is 50.2 Å². The second-order valence-electron chi connectivity index (χ2n) is 8.32. The zero-order valence-electron chi connectivity index (χ0n) is 16.6. The normalized spacial score (nSPS) is 19.4. The molecule has 1 saturated heterocycles. The van der Waals surface area contributed by atoms with Crippen LogP contribution in [-0.4, -0.2) is 22.8 Å². The second-order valence-corrected chi connectivity index (χ2v) is 8.73. The van der Waals surface area contributed by atoms with Crippen molar-refractivity contribution in [3.05, 3.63) is 58.1 Å². The van der Waals surface area contributed by atoms with Crippen LogP contribution in [0, 0.1) is 13.8 Å². The fraction of sp³-hybridized carbons (Fsp3) is 0.391. The molecule has 0 unspecified atom stereocenters. The Morgan fingerprint density at radius 3 is 1.89 bits per heavy atom. The van der Waals surface area contributed by atoms with E-state index in [1.165, 1.54) is 0 Å². The van der Waals surface area contributed by atoms with Crippen molar-refractivity contribution in [2.45, 2.75) is 58.7 Å². The first kappa shape index (κ1) is 19.8. The van der Waals surface area contributed by atoms with E-state index in [1.54, 1.807) is 27.7 Å². The van der Waals surface area contributed by atoms with Gasteiger partial charge in [0.1, 0.15) is 17.1 Å². The summed E-state index contributed by atoms with van der Waals surface area (Å²) in [6, 6.07) is 11.7. The molecule has 2 aromatic rings. The average Bonchev–Trinajstić information content (AvgIpc) is 2.57. The Labute approximate surface area is 165 Å². The van der Waals surface area contributed by atoms with Gasteiger partial charge in [-0.2, -0.15) is 0 Å². The highest BCUT2D eigenvalue weighted by Crippen LogP contribution is 2.40. The molecular formula is C23H25ClO3. The Morgan fingerprint density at radius 2 is 1.33 bits per heavy atom. The van der Waals surface area contributed by atoms with E-state index in [9.17, 15) is 9.59 Å². The van der Waals surface area contributed by atoms with Crippen molar-refractivity contribution >= 4 is 23.2 Å². The lowest BCUT2D eigenvalue weighted by Crippen LogP contribution is -2.58. The largest absolute Gasteiger partial charge is 0.354 e. The number of ether oxygens (including phenoxy) is 1. The zero-order chi connectivity index (χ0) is 20.1. The Morgan fingerprint density at radius 1 is 0.815 bits per heavy atom. The van der Waals surface area contributed by atoms with Gasteiger partial charge in [-0.05, 0) is 87.6 Å². The topological polar surface area (TPSA) is 43.4 Å². The number of hydrogen-bond acceptors (Lipinski definition) is 3. The molecule has 3 rings (SSSR count). The number of ketones is 2. The fourth-order valence-corrected chi connectivity index (χ4v) is 3.91. The summed E-state index contributed by atoms with van der Waals surface area (Å²) in [7, 11) is 0. The van der Waals surface area contributed by atoms with Crippen molar-refractivity contribution in [1.29, 1.82) is 0 Å². The van der Waals surface area contributed by atoms with Gasteiger partial charge in [0, 0.05) is 5.02 Å². The molecule has 0 aromatic heterocycles. The predicted molar refractivity (Wildman–Crippen MR) is 108 cm³/mol. The second kappa shape index (κ2) is 6.57. The van der Waals surface area contributed by atoms with Gasteiger partial charge < -0.3 is 4.74 Å². The van der Waals surface area contributed by atoms with Crippen molar-refractivity contribution < 1.29 is 14.3 Å². The smallest absolute Gasteiger partial charge is 0.179 e. The van der Waals surface area contributed by atoms with Gasteiger partial charge in [-0.15, -0.1) is 0 Å². The Hall–Kier alpha value is -1.97. The summed E-state index contributed by atoms with van der Waals surface area (Å²) >= 11 is 6.14. The van der Waals surface area contributed by atoms with E-state index >= 15 is 0 Å². The number of hydrogen-bond donors (Lipinski definition) is 0.